The second-order valence-electron chi connectivity index (χ2n) is 6.38. The molecular weight excluding hydrogens is 391 g/mol. The van der Waals surface area contributed by atoms with Gasteiger partial charge in [-0.1, -0.05) is 6.07 Å². The molecule has 0 aliphatic carbocycles. The van der Waals surface area contributed by atoms with Crippen LogP contribution in [0.3, 0.4) is 0 Å². The molecule has 1 aromatic carbocycles. The van der Waals surface area contributed by atoms with Gasteiger partial charge in [0.25, 0.3) is 11.5 Å². The molecule has 2 heterocycles. The van der Waals surface area contributed by atoms with E-state index in [4.69, 9.17) is 11.5 Å². The maximum Gasteiger partial charge on any atom is 0.504 e. The summed E-state index contributed by atoms with van der Waals surface area (Å²) in [5.41, 5.74) is 10.9. The number of nitrogens with two attached hydrogens (primary N) is 2. The van der Waals surface area contributed by atoms with Crippen molar-refractivity contribution < 1.29 is 23.1 Å². The number of phenols is 1. The largest absolute Gasteiger partial charge is 0.508 e. The third-order valence-electron chi connectivity index (χ3n) is 4.49. The van der Waals surface area contributed by atoms with E-state index in [0.717, 1.165) is 16.8 Å². The molecule has 0 radical (unpaired) electrons. The van der Waals surface area contributed by atoms with E-state index in [1.54, 1.807) is 6.92 Å². The quantitative estimate of drug-likeness (QED) is 0.613. The predicted molar refractivity (Wildman–Crippen MR) is 98.6 cm³/mol. The minimum Gasteiger partial charge on any atom is -0.508 e. The zero-order chi connectivity index (χ0) is 21.7. The van der Waals surface area contributed by atoms with Gasteiger partial charge < -0.3 is 16.6 Å². The van der Waals surface area contributed by atoms with Crippen LogP contribution in [0.25, 0.3) is 16.8 Å². The van der Waals surface area contributed by atoms with E-state index in [-0.39, 0.29) is 44.2 Å². The fourth-order valence-electron chi connectivity index (χ4n) is 3.03. The molecule has 11 heteroatoms. The van der Waals surface area contributed by atoms with E-state index in [0.29, 0.717) is 11.8 Å². The number of halogens is 3. The molecule has 0 saturated heterocycles. The van der Waals surface area contributed by atoms with Crippen molar-refractivity contribution >= 4 is 11.7 Å². The number of aryl methyl sites for hydroxylation is 1. The third-order valence-corrected chi connectivity index (χ3v) is 4.49. The summed E-state index contributed by atoms with van der Waals surface area (Å²) < 4.78 is 39.3. The molecule has 0 aliphatic heterocycles. The fourth-order valence-corrected chi connectivity index (χ4v) is 3.03. The van der Waals surface area contributed by atoms with Crippen LogP contribution in [0.1, 0.15) is 21.5 Å². The van der Waals surface area contributed by atoms with Crippen LogP contribution in [-0.2, 0) is 6.30 Å². The molecule has 0 atom stereocenters. The number of hydrogen-bond acceptors (Lipinski definition) is 5. The van der Waals surface area contributed by atoms with Crippen molar-refractivity contribution in [2.75, 3.05) is 5.73 Å². The van der Waals surface area contributed by atoms with Crippen LogP contribution in [0.4, 0.5) is 19.0 Å². The van der Waals surface area contributed by atoms with Crippen LogP contribution in [0, 0.1) is 13.8 Å². The van der Waals surface area contributed by atoms with Gasteiger partial charge in [0.2, 0.25) is 0 Å². The van der Waals surface area contributed by atoms with E-state index in [2.05, 4.69) is 5.10 Å². The van der Waals surface area contributed by atoms with Crippen molar-refractivity contribution in [3.05, 3.63) is 57.6 Å². The number of nitrogen functional groups attached to an aromatic ring is 1. The second-order valence-corrected chi connectivity index (χ2v) is 6.38. The Kier molecular flexibility index (Phi) is 4.61. The van der Waals surface area contributed by atoms with E-state index < -0.39 is 17.8 Å². The highest BCUT2D eigenvalue weighted by Crippen LogP contribution is 2.30. The van der Waals surface area contributed by atoms with Gasteiger partial charge in [0.05, 0.1) is 23.0 Å². The first-order valence-corrected chi connectivity index (χ1v) is 8.20. The summed E-state index contributed by atoms with van der Waals surface area (Å²) in [6, 6.07) is 3.98. The minimum absolute atomic E-state index is 0.132. The summed E-state index contributed by atoms with van der Waals surface area (Å²) in [5.74, 6) is -1.41. The first-order chi connectivity index (χ1) is 13.4. The van der Waals surface area contributed by atoms with E-state index in [1.807, 2.05) is 0 Å². The maximum absolute atomic E-state index is 13.2. The molecule has 1 amide bonds. The summed E-state index contributed by atoms with van der Waals surface area (Å²) in [4.78, 5) is 25.0. The first kappa shape index (κ1) is 20.0. The second kappa shape index (κ2) is 6.69. The number of pyridine rings is 1. The Labute approximate surface area is 161 Å². The molecule has 0 bridgehead atoms. The molecule has 3 rings (SSSR count). The molecule has 0 fully saturated rings. The van der Waals surface area contributed by atoms with Crippen molar-refractivity contribution in [2.24, 2.45) is 5.73 Å². The number of primary amides is 1. The number of phenolic OH excluding ortho intramolecular Hbond substituents is 1. The number of aromatic hydroxyl groups is 1. The van der Waals surface area contributed by atoms with Gasteiger partial charge in [-0.25, -0.2) is 0 Å². The molecule has 0 aliphatic rings. The van der Waals surface area contributed by atoms with Gasteiger partial charge in [-0.3, -0.25) is 14.2 Å². The lowest BCUT2D eigenvalue weighted by Gasteiger charge is -2.19. The minimum atomic E-state index is -4.78. The van der Waals surface area contributed by atoms with Gasteiger partial charge in [0, 0.05) is 17.3 Å². The number of benzene rings is 1. The highest BCUT2D eigenvalue weighted by Gasteiger charge is 2.32. The normalized spacial score (nSPS) is 11.6. The number of carbonyl (C=O) groups is 1. The van der Waals surface area contributed by atoms with Crippen LogP contribution in [-0.4, -0.2) is 25.4 Å². The molecule has 3 aromatic rings. The van der Waals surface area contributed by atoms with Crippen LogP contribution < -0.4 is 17.0 Å². The molecule has 8 nitrogen and oxygen atoms in total. The number of anilines is 1. The highest BCUT2D eigenvalue weighted by molar-refractivity contribution is 5.98. The Morgan fingerprint density at radius 2 is 1.90 bits per heavy atom. The Morgan fingerprint density at radius 1 is 1.24 bits per heavy atom. The summed E-state index contributed by atoms with van der Waals surface area (Å²) in [7, 11) is 0. The lowest BCUT2D eigenvalue weighted by Crippen LogP contribution is -2.28. The number of rotatable bonds is 3. The summed E-state index contributed by atoms with van der Waals surface area (Å²) >= 11 is 0. The van der Waals surface area contributed by atoms with Crippen molar-refractivity contribution in [3.63, 3.8) is 0 Å². The molecule has 2 aromatic heterocycles. The number of nitrogens with zero attached hydrogens (tertiary/aromatic N) is 3. The SMILES string of the molecule is Cc1ccc(O)c(C)c1-n1c(N)c(C(N)=O)cc(-c2cnn(C(F)(F)F)c2)c1=O. The van der Waals surface area contributed by atoms with Crippen LogP contribution in [0.15, 0.2) is 35.4 Å². The number of alkyl halides is 3. The van der Waals surface area contributed by atoms with E-state index in [9.17, 15) is 27.9 Å². The zero-order valence-electron chi connectivity index (χ0n) is 15.3. The Morgan fingerprint density at radius 3 is 2.45 bits per heavy atom. The number of amides is 1. The van der Waals surface area contributed by atoms with Crippen LogP contribution in [0.2, 0.25) is 0 Å². The van der Waals surface area contributed by atoms with Gasteiger partial charge in [-0.2, -0.15) is 9.78 Å². The molecule has 0 spiro atoms. The predicted octanol–water partition coefficient (Wildman–Crippen LogP) is 2.18. The van der Waals surface area contributed by atoms with Gasteiger partial charge in [-0.15, -0.1) is 13.2 Å². The monoisotopic (exact) mass is 407 g/mol. The van der Waals surface area contributed by atoms with Gasteiger partial charge in [-0.05, 0) is 31.5 Å². The van der Waals surface area contributed by atoms with Crippen LogP contribution >= 0.6 is 0 Å². The number of aromatic nitrogens is 3. The number of hydrogen-bond donors (Lipinski definition) is 3. The topological polar surface area (TPSA) is 129 Å². The first-order valence-electron chi connectivity index (χ1n) is 8.20. The van der Waals surface area contributed by atoms with Gasteiger partial charge in [0.1, 0.15) is 11.6 Å². The summed E-state index contributed by atoms with van der Waals surface area (Å²) in [6.45, 7) is 3.17. The van der Waals surface area contributed by atoms with Crippen molar-refractivity contribution in [1.29, 1.82) is 0 Å². The van der Waals surface area contributed by atoms with E-state index in [1.165, 1.54) is 19.1 Å². The Bertz CT molecular complexity index is 1190. The summed E-state index contributed by atoms with van der Waals surface area (Å²) in [5, 5.41) is 13.2. The van der Waals surface area contributed by atoms with Crippen molar-refractivity contribution in [3.8, 4) is 22.6 Å². The Balaban J connectivity index is 2.40. The zero-order valence-corrected chi connectivity index (χ0v) is 15.3. The maximum atomic E-state index is 13.2. The molecule has 5 N–H and O–H groups in total. The van der Waals surface area contributed by atoms with E-state index >= 15 is 0 Å². The molecule has 29 heavy (non-hydrogen) atoms. The fraction of sp³-hybridized carbons (Fsp3) is 0.167. The standard InChI is InChI=1S/C18H16F3N5O3/c1-8-3-4-13(27)9(2)14(8)26-15(22)12(16(23)28)5-11(17(26)29)10-6-24-25(7-10)18(19,20)21/h3-7,27H,22H2,1-2H3,(H2,23,28). The molecular formula is C18H16F3N5O3. The smallest absolute Gasteiger partial charge is 0.504 e. The van der Waals surface area contributed by atoms with Crippen molar-refractivity contribution in [1.82, 2.24) is 14.3 Å². The molecule has 0 unspecified atom stereocenters. The molecule has 0 saturated carbocycles. The van der Waals surface area contributed by atoms with Gasteiger partial charge in [0.15, 0.2) is 0 Å². The summed E-state index contributed by atoms with van der Waals surface area (Å²) in [6.07, 6.45) is -3.32. The average Bonchev–Trinajstić information content (AvgIpc) is 3.11. The third kappa shape index (κ3) is 3.30. The van der Waals surface area contributed by atoms with Crippen molar-refractivity contribution in [2.45, 2.75) is 20.1 Å². The van der Waals surface area contributed by atoms with Gasteiger partial charge >= 0.3 is 6.30 Å². The average molecular weight is 407 g/mol. The molecule has 152 valence electrons. The number of carbonyl (C=O) groups excluding carboxylic acids is 1. The highest BCUT2D eigenvalue weighted by atomic mass is 19.4. The van der Waals surface area contributed by atoms with Crippen LogP contribution in [0.5, 0.6) is 5.75 Å². The Hall–Kier alpha value is -3.76. The lowest BCUT2D eigenvalue weighted by atomic mass is 10.0. The lowest BCUT2D eigenvalue weighted by molar-refractivity contribution is -0.212.